The zero-order valence-electron chi connectivity index (χ0n) is 14.5. The van der Waals surface area contributed by atoms with E-state index in [1.165, 1.54) is 12.8 Å². The Labute approximate surface area is 143 Å². The number of rotatable bonds is 6. The van der Waals surface area contributed by atoms with Gasteiger partial charge in [0, 0.05) is 19.6 Å². The summed E-state index contributed by atoms with van der Waals surface area (Å²) in [6.45, 7) is 5.82. The van der Waals surface area contributed by atoms with E-state index >= 15 is 0 Å². The Morgan fingerprint density at radius 3 is 2.83 bits per heavy atom. The van der Waals surface area contributed by atoms with Gasteiger partial charge in [-0.1, -0.05) is 6.07 Å². The van der Waals surface area contributed by atoms with Crippen LogP contribution in [0.5, 0.6) is 11.5 Å². The second kappa shape index (κ2) is 7.75. The predicted molar refractivity (Wildman–Crippen MR) is 90.5 cm³/mol. The van der Waals surface area contributed by atoms with Crippen molar-refractivity contribution in [3.8, 4) is 11.5 Å². The number of nitrogens with zero attached hydrogens (tertiary/aromatic N) is 2. The molecule has 0 aromatic heterocycles. The van der Waals surface area contributed by atoms with Crippen LogP contribution in [-0.4, -0.2) is 62.0 Å². The topological polar surface area (TPSA) is 51.2 Å². The predicted octanol–water partition coefficient (Wildman–Crippen LogP) is 2.51. The maximum absolute atomic E-state index is 12.2. The molecule has 0 spiro atoms. The minimum atomic E-state index is -0.262. The van der Waals surface area contributed by atoms with Gasteiger partial charge >= 0.3 is 6.09 Å². The summed E-state index contributed by atoms with van der Waals surface area (Å²) in [4.78, 5) is 16.2. The Morgan fingerprint density at radius 1 is 1.29 bits per heavy atom. The highest BCUT2D eigenvalue weighted by Crippen LogP contribution is 2.32. The quantitative estimate of drug-likeness (QED) is 0.800. The summed E-state index contributed by atoms with van der Waals surface area (Å²) in [6.07, 6.45) is 2.98. The first-order chi connectivity index (χ1) is 11.6. The van der Waals surface area contributed by atoms with E-state index in [0.717, 1.165) is 43.1 Å². The molecule has 3 rings (SSSR count). The van der Waals surface area contributed by atoms with E-state index in [1.807, 2.05) is 25.1 Å². The smallest absolute Gasteiger partial charge is 0.409 e. The van der Waals surface area contributed by atoms with Crippen LogP contribution in [-0.2, 0) is 11.2 Å². The van der Waals surface area contributed by atoms with Crippen molar-refractivity contribution in [2.24, 2.45) is 0 Å². The maximum Gasteiger partial charge on any atom is 0.409 e. The van der Waals surface area contributed by atoms with Crippen LogP contribution in [0.1, 0.15) is 25.3 Å². The molecule has 132 valence electrons. The molecule has 6 nitrogen and oxygen atoms in total. The highest BCUT2D eigenvalue weighted by Gasteiger charge is 2.20. The highest BCUT2D eigenvalue weighted by molar-refractivity contribution is 5.67. The summed E-state index contributed by atoms with van der Waals surface area (Å²) in [6, 6.07) is 5.95. The van der Waals surface area contributed by atoms with Crippen LogP contribution >= 0.6 is 0 Å². The number of hydrogen-bond acceptors (Lipinski definition) is 5. The molecule has 1 atom stereocenters. The highest BCUT2D eigenvalue weighted by atomic mass is 16.7. The molecule has 0 N–H and O–H groups in total. The summed E-state index contributed by atoms with van der Waals surface area (Å²) in [5.74, 6) is 1.55. The minimum Gasteiger partial charge on any atom is -0.454 e. The van der Waals surface area contributed by atoms with Gasteiger partial charge in [0.25, 0.3) is 0 Å². The fraction of sp³-hybridized carbons (Fsp3) is 0.611. The van der Waals surface area contributed by atoms with Crippen molar-refractivity contribution in [1.29, 1.82) is 0 Å². The standard InChI is InChI=1S/C18H26N2O4/c1-14(11-15-5-6-16-17(12-15)24-13-23-16)19(2)18(21)22-10-9-20-7-3-4-8-20/h5-6,12,14H,3-4,7-11,13H2,1-2H3/t14-/m1/s1. The molecule has 1 aromatic rings. The minimum absolute atomic E-state index is 0.0460. The van der Waals surface area contributed by atoms with E-state index in [0.29, 0.717) is 6.61 Å². The fourth-order valence-electron chi connectivity index (χ4n) is 3.10. The Hall–Kier alpha value is -1.95. The van der Waals surface area contributed by atoms with Gasteiger partial charge in [-0.05, 0) is 57.0 Å². The van der Waals surface area contributed by atoms with Crippen molar-refractivity contribution in [3.63, 3.8) is 0 Å². The van der Waals surface area contributed by atoms with Crippen LogP contribution in [0, 0.1) is 0 Å². The average molecular weight is 334 g/mol. The van der Waals surface area contributed by atoms with Gasteiger partial charge in [0.05, 0.1) is 0 Å². The molecule has 2 aliphatic heterocycles. The second-order valence-corrected chi connectivity index (χ2v) is 6.51. The number of amides is 1. The molecule has 0 saturated carbocycles. The van der Waals surface area contributed by atoms with E-state index in [-0.39, 0.29) is 18.9 Å². The van der Waals surface area contributed by atoms with E-state index in [4.69, 9.17) is 14.2 Å². The third-order valence-corrected chi connectivity index (χ3v) is 4.75. The molecule has 2 heterocycles. The molecule has 1 saturated heterocycles. The number of ether oxygens (including phenoxy) is 3. The Kier molecular flexibility index (Phi) is 5.45. The number of fused-ring (bicyclic) bond motifs is 1. The molecule has 2 aliphatic rings. The number of carbonyl (C=O) groups is 1. The Morgan fingerprint density at radius 2 is 2.04 bits per heavy atom. The molecule has 24 heavy (non-hydrogen) atoms. The summed E-state index contributed by atoms with van der Waals surface area (Å²) in [5.41, 5.74) is 1.11. The van der Waals surface area contributed by atoms with E-state index < -0.39 is 0 Å². The molecule has 0 aliphatic carbocycles. The fourth-order valence-corrected chi connectivity index (χ4v) is 3.10. The molecular weight excluding hydrogens is 308 g/mol. The Balaban J connectivity index is 1.44. The van der Waals surface area contributed by atoms with Crippen molar-refractivity contribution >= 4 is 6.09 Å². The van der Waals surface area contributed by atoms with Gasteiger partial charge in [0.1, 0.15) is 6.61 Å². The maximum atomic E-state index is 12.2. The van der Waals surface area contributed by atoms with Crippen molar-refractivity contribution in [3.05, 3.63) is 23.8 Å². The molecule has 1 amide bonds. The van der Waals surface area contributed by atoms with Gasteiger partial charge in [0.2, 0.25) is 6.79 Å². The van der Waals surface area contributed by atoms with Crippen LogP contribution in [0.4, 0.5) is 4.79 Å². The van der Waals surface area contributed by atoms with Gasteiger partial charge in [-0.3, -0.25) is 4.90 Å². The van der Waals surface area contributed by atoms with Crippen LogP contribution < -0.4 is 9.47 Å². The molecule has 0 bridgehead atoms. The van der Waals surface area contributed by atoms with Crippen LogP contribution in [0.15, 0.2) is 18.2 Å². The van der Waals surface area contributed by atoms with Crippen molar-refractivity contribution < 1.29 is 19.0 Å². The van der Waals surface area contributed by atoms with Crippen molar-refractivity contribution in [2.45, 2.75) is 32.2 Å². The third-order valence-electron chi connectivity index (χ3n) is 4.75. The molecular formula is C18H26N2O4. The van der Waals surface area contributed by atoms with Crippen LogP contribution in [0.25, 0.3) is 0 Å². The SMILES string of the molecule is C[C@H](Cc1ccc2c(c1)OCO2)N(C)C(=O)OCCN1CCCC1. The van der Waals surface area contributed by atoms with Crippen molar-refractivity contribution in [1.82, 2.24) is 9.80 Å². The first-order valence-electron chi connectivity index (χ1n) is 8.64. The molecule has 1 aromatic carbocycles. The zero-order valence-corrected chi connectivity index (χ0v) is 14.5. The summed E-state index contributed by atoms with van der Waals surface area (Å²) in [5, 5.41) is 0. The molecule has 0 unspecified atom stereocenters. The number of likely N-dealkylation sites (tertiary alicyclic amines) is 1. The number of hydrogen-bond donors (Lipinski definition) is 0. The zero-order chi connectivity index (χ0) is 16.9. The van der Waals surface area contributed by atoms with Crippen molar-refractivity contribution in [2.75, 3.05) is 40.1 Å². The lowest BCUT2D eigenvalue weighted by atomic mass is 10.1. The average Bonchev–Trinajstić information content (AvgIpc) is 3.24. The molecule has 1 fully saturated rings. The second-order valence-electron chi connectivity index (χ2n) is 6.51. The van der Waals surface area contributed by atoms with E-state index in [1.54, 1.807) is 11.9 Å². The van der Waals surface area contributed by atoms with Crippen LogP contribution in [0.2, 0.25) is 0 Å². The van der Waals surface area contributed by atoms with Crippen LogP contribution in [0.3, 0.4) is 0 Å². The van der Waals surface area contributed by atoms with E-state index in [9.17, 15) is 4.79 Å². The first-order valence-corrected chi connectivity index (χ1v) is 8.64. The first kappa shape index (κ1) is 16.9. The number of benzene rings is 1. The molecule has 6 heteroatoms. The van der Waals surface area contributed by atoms with Gasteiger partial charge in [-0.2, -0.15) is 0 Å². The van der Waals surface area contributed by atoms with E-state index in [2.05, 4.69) is 4.90 Å². The van der Waals surface area contributed by atoms with Gasteiger partial charge in [-0.25, -0.2) is 4.79 Å². The summed E-state index contributed by atoms with van der Waals surface area (Å²) < 4.78 is 16.1. The van der Waals surface area contributed by atoms with Gasteiger partial charge < -0.3 is 19.1 Å². The van der Waals surface area contributed by atoms with Gasteiger partial charge in [-0.15, -0.1) is 0 Å². The normalized spacial score (nSPS) is 17.8. The lowest BCUT2D eigenvalue weighted by Gasteiger charge is -2.25. The monoisotopic (exact) mass is 334 g/mol. The van der Waals surface area contributed by atoms with Gasteiger partial charge in [0.15, 0.2) is 11.5 Å². The number of carbonyl (C=O) groups excluding carboxylic acids is 1. The lowest BCUT2D eigenvalue weighted by molar-refractivity contribution is 0.0909. The Bertz CT molecular complexity index is 572. The lowest BCUT2D eigenvalue weighted by Crippen LogP contribution is -2.38. The molecule has 0 radical (unpaired) electrons. The third kappa shape index (κ3) is 4.12. The summed E-state index contributed by atoms with van der Waals surface area (Å²) in [7, 11) is 1.79. The largest absolute Gasteiger partial charge is 0.454 e. The summed E-state index contributed by atoms with van der Waals surface area (Å²) >= 11 is 0. The number of likely N-dealkylation sites (N-methyl/N-ethyl adjacent to an activating group) is 1.